The summed E-state index contributed by atoms with van der Waals surface area (Å²) < 4.78 is 13.8. The van der Waals surface area contributed by atoms with Gasteiger partial charge in [-0.15, -0.1) is 0 Å². The minimum atomic E-state index is 0.0812. The molecule has 0 spiro atoms. The molecule has 1 aliphatic heterocycles. The molecular weight excluding hydrogens is 302 g/mol. The largest absolute Gasteiger partial charge is 0.492 e. The first kappa shape index (κ1) is 17.0. The van der Waals surface area contributed by atoms with E-state index in [4.69, 9.17) is 9.47 Å². The van der Waals surface area contributed by atoms with Crippen LogP contribution in [0.2, 0.25) is 0 Å². The van der Waals surface area contributed by atoms with Crippen molar-refractivity contribution in [2.45, 2.75) is 39.3 Å². The Labute approximate surface area is 144 Å². The Hall–Kier alpha value is -1.85. The zero-order valence-electron chi connectivity index (χ0n) is 15.0. The molecule has 1 saturated heterocycles. The maximum atomic E-state index is 6.00. The highest BCUT2D eigenvalue weighted by molar-refractivity contribution is 5.29. The molecule has 2 heterocycles. The van der Waals surface area contributed by atoms with Crippen molar-refractivity contribution < 1.29 is 9.47 Å². The third kappa shape index (κ3) is 3.62. The topological polar surface area (TPSA) is 48.3 Å². The van der Waals surface area contributed by atoms with E-state index in [1.54, 1.807) is 0 Å². The number of ether oxygens (including phenoxy) is 2. The third-order valence-corrected chi connectivity index (χ3v) is 4.71. The number of aromatic nitrogens is 2. The quantitative estimate of drug-likeness (QED) is 0.828. The lowest BCUT2D eigenvalue weighted by molar-refractivity contribution is 0.0969. The van der Waals surface area contributed by atoms with Crippen molar-refractivity contribution in [3.63, 3.8) is 0 Å². The number of nitrogens with zero attached hydrogens (tertiary/aromatic N) is 2. The van der Waals surface area contributed by atoms with Gasteiger partial charge in [0.15, 0.2) is 0 Å². The van der Waals surface area contributed by atoms with Gasteiger partial charge in [-0.3, -0.25) is 4.68 Å². The van der Waals surface area contributed by atoms with Gasteiger partial charge in [-0.1, -0.05) is 12.1 Å². The molecular formula is C19H27N3O2. The normalized spacial score (nSPS) is 20.5. The van der Waals surface area contributed by atoms with E-state index < -0.39 is 0 Å². The van der Waals surface area contributed by atoms with Crippen LogP contribution in [-0.4, -0.2) is 35.6 Å². The Morgan fingerprint density at radius 2 is 2.17 bits per heavy atom. The molecule has 1 aromatic carbocycles. The molecule has 1 fully saturated rings. The summed E-state index contributed by atoms with van der Waals surface area (Å²) in [4.78, 5) is 0. The van der Waals surface area contributed by atoms with Crippen LogP contribution < -0.4 is 10.1 Å². The maximum Gasteiger partial charge on any atom is 0.119 e. The van der Waals surface area contributed by atoms with E-state index in [0.717, 1.165) is 31.0 Å². The second-order valence-electron chi connectivity index (χ2n) is 6.51. The van der Waals surface area contributed by atoms with Gasteiger partial charge in [0.1, 0.15) is 18.5 Å². The van der Waals surface area contributed by atoms with Crippen LogP contribution >= 0.6 is 0 Å². The van der Waals surface area contributed by atoms with Crippen LogP contribution in [0.3, 0.4) is 0 Å². The average Bonchev–Trinajstić information content (AvgIpc) is 3.09. The number of hydrogen-bond donors (Lipinski definition) is 1. The van der Waals surface area contributed by atoms with Crippen molar-refractivity contribution in [3.8, 4) is 5.75 Å². The standard InChI is InChI=1S/C19H27N3O2/c1-13-6-5-7-16(12-13)23-11-9-20-17-8-10-24-19(17)18-14(2)21-22(4)15(18)3/h5-7,12,17,19-20H,8-11H2,1-4H3/t17-,19-/m0/s1. The van der Waals surface area contributed by atoms with Crippen molar-refractivity contribution in [2.24, 2.45) is 7.05 Å². The highest BCUT2D eigenvalue weighted by atomic mass is 16.5. The number of nitrogens with one attached hydrogen (secondary N) is 1. The molecule has 5 nitrogen and oxygen atoms in total. The molecule has 130 valence electrons. The highest BCUT2D eigenvalue weighted by Crippen LogP contribution is 2.33. The predicted molar refractivity (Wildman–Crippen MR) is 94.5 cm³/mol. The minimum absolute atomic E-state index is 0.0812. The van der Waals surface area contributed by atoms with Crippen LogP contribution in [0.1, 0.15) is 35.0 Å². The van der Waals surface area contributed by atoms with Crippen LogP contribution in [-0.2, 0) is 11.8 Å². The van der Waals surface area contributed by atoms with Crippen molar-refractivity contribution in [2.75, 3.05) is 19.8 Å². The Morgan fingerprint density at radius 3 is 2.88 bits per heavy atom. The molecule has 0 bridgehead atoms. The SMILES string of the molecule is Cc1cccc(OCCN[C@H]2CCO[C@@H]2c2c(C)nn(C)c2C)c1. The fourth-order valence-electron chi connectivity index (χ4n) is 3.40. The second kappa shape index (κ2) is 7.36. The summed E-state index contributed by atoms with van der Waals surface area (Å²) in [6.45, 7) is 8.48. The number of benzene rings is 1. The molecule has 3 rings (SSSR count). The van der Waals surface area contributed by atoms with E-state index in [1.807, 2.05) is 23.9 Å². The summed E-state index contributed by atoms with van der Waals surface area (Å²) in [5.74, 6) is 0.926. The van der Waals surface area contributed by atoms with Gasteiger partial charge in [-0.05, 0) is 44.9 Å². The molecule has 0 amide bonds. The van der Waals surface area contributed by atoms with Gasteiger partial charge in [-0.25, -0.2) is 0 Å². The lowest BCUT2D eigenvalue weighted by atomic mass is 10.0. The first-order valence-corrected chi connectivity index (χ1v) is 8.61. The summed E-state index contributed by atoms with van der Waals surface area (Å²) in [6, 6.07) is 8.46. The summed E-state index contributed by atoms with van der Waals surface area (Å²) in [7, 11) is 1.99. The molecule has 0 unspecified atom stereocenters. The number of hydrogen-bond acceptors (Lipinski definition) is 4. The van der Waals surface area contributed by atoms with Crippen LogP contribution in [0.25, 0.3) is 0 Å². The maximum absolute atomic E-state index is 6.00. The first-order valence-electron chi connectivity index (χ1n) is 8.61. The van der Waals surface area contributed by atoms with E-state index in [1.165, 1.54) is 16.8 Å². The summed E-state index contributed by atoms with van der Waals surface area (Å²) in [6.07, 6.45) is 1.10. The van der Waals surface area contributed by atoms with Gasteiger partial charge in [0.25, 0.3) is 0 Å². The second-order valence-corrected chi connectivity index (χ2v) is 6.51. The first-order chi connectivity index (χ1) is 11.6. The van der Waals surface area contributed by atoms with Gasteiger partial charge in [0.2, 0.25) is 0 Å². The zero-order valence-corrected chi connectivity index (χ0v) is 15.0. The average molecular weight is 329 g/mol. The van der Waals surface area contributed by atoms with Crippen molar-refractivity contribution in [1.82, 2.24) is 15.1 Å². The van der Waals surface area contributed by atoms with Crippen LogP contribution in [0.15, 0.2) is 24.3 Å². The number of rotatable bonds is 6. The van der Waals surface area contributed by atoms with Crippen LogP contribution in [0, 0.1) is 20.8 Å². The zero-order chi connectivity index (χ0) is 17.1. The van der Waals surface area contributed by atoms with Crippen molar-refractivity contribution >= 4 is 0 Å². The Balaban J connectivity index is 1.55. The Morgan fingerprint density at radius 1 is 1.33 bits per heavy atom. The van der Waals surface area contributed by atoms with Gasteiger partial charge in [0, 0.05) is 37.5 Å². The summed E-state index contributed by atoms with van der Waals surface area (Å²) >= 11 is 0. The van der Waals surface area contributed by atoms with E-state index in [0.29, 0.717) is 12.6 Å². The van der Waals surface area contributed by atoms with Crippen molar-refractivity contribution in [1.29, 1.82) is 0 Å². The van der Waals surface area contributed by atoms with E-state index in [9.17, 15) is 0 Å². The number of aryl methyl sites for hydroxylation is 3. The lowest BCUT2D eigenvalue weighted by Gasteiger charge is -2.21. The van der Waals surface area contributed by atoms with E-state index >= 15 is 0 Å². The molecule has 1 aliphatic rings. The Bertz CT molecular complexity index is 696. The van der Waals surface area contributed by atoms with Gasteiger partial charge >= 0.3 is 0 Å². The molecule has 1 aromatic heterocycles. The van der Waals surface area contributed by atoms with Gasteiger partial charge < -0.3 is 14.8 Å². The molecule has 0 radical (unpaired) electrons. The molecule has 1 N–H and O–H groups in total. The third-order valence-electron chi connectivity index (χ3n) is 4.71. The predicted octanol–water partition coefficient (Wildman–Crippen LogP) is 2.84. The fourth-order valence-corrected chi connectivity index (χ4v) is 3.40. The van der Waals surface area contributed by atoms with E-state index in [-0.39, 0.29) is 6.10 Å². The van der Waals surface area contributed by atoms with E-state index in [2.05, 4.69) is 43.3 Å². The molecule has 24 heavy (non-hydrogen) atoms. The molecule has 0 aliphatic carbocycles. The van der Waals surface area contributed by atoms with Gasteiger partial charge in [0.05, 0.1) is 5.69 Å². The molecule has 2 atom stereocenters. The van der Waals surface area contributed by atoms with Crippen LogP contribution in [0.5, 0.6) is 5.75 Å². The molecule has 5 heteroatoms. The Kier molecular flexibility index (Phi) is 5.21. The molecule has 0 saturated carbocycles. The summed E-state index contributed by atoms with van der Waals surface area (Å²) in [5.41, 5.74) is 4.69. The van der Waals surface area contributed by atoms with Crippen molar-refractivity contribution in [3.05, 3.63) is 46.8 Å². The smallest absolute Gasteiger partial charge is 0.119 e. The summed E-state index contributed by atoms with van der Waals surface area (Å²) in [5, 5.41) is 8.11. The highest BCUT2D eigenvalue weighted by Gasteiger charge is 2.33. The van der Waals surface area contributed by atoms with Crippen LogP contribution in [0.4, 0.5) is 0 Å². The monoisotopic (exact) mass is 329 g/mol. The van der Waals surface area contributed by atoms with Gasteiger partial charge in [-0.2, -0.15) is 5.10 Å². The fraction of sp³-hybridized carbons (Fsp3) is 0.526. The minimum Gasteiger partial charge on any atom is -0.492 e. The molecule has 2 aromatic rings. The lowest BCUT2D eigenvalue weighted by Crippen LogP contribution is -2.35.